The molecule has 1 spiro atoms. The van der Waals surface area contributed by atoms with E-state index < -0.39 is 17.3 Å². The van der Waals surface area contributed by atoms with Gasteiger partial charge < -0.3 is 4.90 Å². The average molecular weight is 569 g/mol. The zero-order valence-corrected chi connectivity index (χ0v) is 22.7. The van der Waals surface area contributed by atoms with Crippen molar-refractivity contribution in [3.05, 3.63) is 168 Å². The molecule has 43 heavy (non-hydrogen) atoms. The topological polar surface area (TPSA) is 32.3 Å². The van der Waals surface area contributed by atoms with Crippen molar-refractivity contribution >= 4 is 34.3 Å². The molecule has 5 aromatic carbocycles. The molecule has 208 valence electrons. The molecule has 0 unspecified atom stereocenters. The smallest absolute Gasteiger partial charge is 0.310 e. The third-order valence-electron chi connectivity index (χ3n) is 8.37. The first-order valence-corrected chi connectivity index (χ1v) is 13.9. The van der Waals surface area contributed by atoms with Crippen LogP contribution >= 0.6 is 0 Å². The highest BCUT2D eigenvalue weighted by molar-refractivity contribution is 5.96. The van der Waals surface area contributed by atoms with Gasteiger partial charge in [0.05, 0.1) is 28.2 Å². The van der Waals surface area contributed by atoms with Crippen LogP contribution in [0.25, 0.3) is 0 Å². The number of hydrogen-bond acceptors (Lipinski definition) is 4. The van der Waals surface area contributed by atoms with Crippen LogP contribution in [0.2, 0.25) is 0 Å². The van der Waals surface area contributed by atoms with Crippen molar-refractivity contribution in [1.29, 1.82) is 0 Å². The lowest BCUT2D eigenvalue weighted by Crippen LogP contribution is -2.42. The van der Waals surface area contributed by atoms with Gasteiger partial charge in [-0.15, -0.1) is 0 Å². The van der Waals surface area contributed by atoms with E-state index in [1.807, 2.05) is 91.0 Å². The van der Waals surface area contributed by atoms with Crippen LogP contribution < -0.4 is 9.80 Å². The summed E-state index contributed by atoms with van der Waals surface area (Å²) in [6.45, 7) is 0. The fourth-order valence-electron chi connectivity index (χ4n) is 6.85. The summed E-state index contributed by atoms with van der Waals surface area (Å²) in [5.41, 5.74) is 6.18. The Balaban J connectivity index is 1.51. The predicted octanol–water partition coefficient (Wildman–Crippen LogP) is 9.44. The van der Waals surface area contributed by atoms with Crippen molar-refractivity contribution in [3.63, 3.8) is 0 Å². The maximum absolute atomic E-state index is 14.4. The molecule has 0 N–H and O–H groups in total. The molecule has 0 saturated heterocycles. The molecular formula is C36H23F3N4. The van der Waals surface area contributed by atoms with Crippen LogP contribution in [-0.2, 0) is 11.6 Å². The van der Waals surface area contributed by atoms with Crippen molar-refractivity contribution in [2.24, 2.45) is 0 Å². The van der Waals surface area contributed by atoms with Crippen LogP contribution in [0.4, 0.5) is 47.4 Å². The summed E-state index contributed by atoms with van der Waals surface area (Å²) >= 11 is 0. The van der Waals surface area contributed by atoms with Crippen LogP contribution in [0.3, 0.4) is 0 Å². The van der Waals surface area contributed by atoms with E-state index in [2.05, 4.69) is 51.3 Å². The Morgan fingerprint density at radius 2 is 0.860 bits per heavy atom. The number of alkyl halides is 3. The van der Waals surface area contributed by atoms with Crippen molar-refractivity contribution in [3.8, 4) is 0 Å². The van der Waals surface area contributed by atoms with Gasteiger partial charge in [-0.3, -0.25) is 4.90 Å². The Morgan fingerprint density at radius 3 is 1.33 bits per heavy atom. The molecule has 0 saturated carbocycles. The van der Waals surface area contributed by atoms with Crippen LogP contribution in [0.5, 0.6) is 0 Å². The van der Waals surface area contributed by atoms with Gasteiger partial charge in [-0.25, -0.2) is 9.97 Å². The normalized spacial score (nSPS) is 14.5. The molecule has 2 aliphatic heterocycles. The van der Waals surface area contributed by atoms with Gasteiger partial charge in [0.1, 0.15) is 0 Å². The molecule has 2 aliphatic rings. The average Bonchev–Trinajstić information content (AvgIpc) is 3.05. The number of rotatable bonds is 2. The second-order valence-electron chi connectivity index (χ2n) is 10.6. The first kappa shape index (κ1) is 25.3. The highest BCUT2D eigenvalue weighted by atomic mass is 19.4. The summed E-state index contributed by atoms with van der Waals surface area (Å²) < 4.78 is 43.1. The van der Waals surface area contributed by atoms with Crippen molar-refractivity contribution in [1.82, 2.24) is 9.97 Å². The van der Waals surface area contributed by atoms with Gasteiger partial charge in [-0.2, -0.15) is 13.2 Å². The fraction of sp³-hybridized carbons (Fsp3) is 0.0556. The molecule has 7 heteroatoms. The summed E-state index contributed by atoms with van der Waals surface area (Å²) in [5, 5.41) is 0. The van der Waals surface area contributed by atoms with E-state index in [-0.39, 0.29) is 5.82 Å². The molecule has 8 rings (SSSR count). The summed E-state index contributed by atoms with van der Waals surface area (Å²) in [4.78, 5) is 11.9. The zero-order valence-electron chi connectivity index (χ0n) is 22.7. The largest absolute Gasteiger partial charge is 0.437 e. The van der Waals surface area contributed by atoms with Gasteiger partial charge in [0.25, 0.3) is 0 Å². The summed E-state index contributed by atoms with van der Waals surface area (Å²) in [5.74, 6) is -0.256. The Kier molecular flexibility index (Phi) is 5.46. The molecule has 4 nitrogen and oxygen atoms in total. The van der Waals surface area contributed by atoms with Crippen molar-refractivity contribution in [2.75, 3.05) is 9.80 Å². The van der Waals surface area contributed by atoms with Gasteiger partial charge in [0.2, 0.25) is 0 Å². The zero-order chi connectivity index (χ0) is 29.2. The Bertz CT molecular complexity index is 1910. The summed E-state index contributed by atoms with van der Waals surface area (Å²) in [6.07, 6.45) is -2.30. The van der Waals surface area contributed by atoms with Gasteiger partial charge in [-0.05, 0) is 58.7 Å². The third-order valence-corrected chi connectivity index (χ3v) is 8.37. The first-order chi connectivity index (χ1) is 21.0. The van der Waals surface area contributed by atoms with E-state index in [9.17, 15) is 13.2 Å². The third kappa shape index (κ3) is 3.51. The van der Waals surface area contributed by atoms with E-state index in [1.54, 1.807) is 4.90 Å². The van der Waals surface area contributed by atoms with E-state index in [4.69, 9.17) is 0 Å². The molecule has 0 bridgehead atoms. The number of para-hydroxylation sites is 5. The lowest BCUT2D eigenvalue weighted by atomic mass is 9.60. The van der Waals surface area contributed by atoms with Crippen LogP contribution in [0.15, 0.2) is 140 Å². The van der Waals surface area contributed by atoms with Gasteiger partial charge in [0, 0.05) is 18.1 Å². The number of anilines is 6. The monoisotopic (exact) mass is 568 g/mol. The quantitative estimate of drug-likeness (QED) is 0.208. The minimum atomic E-state index is -4.69. The number of hydrogen-bond donors (Lipinski definition) is 0. The fourth-order valence-corrected chi connectivity index (χ4v) is 6.85. The lowest BCUT2D eigenvalue weighted by molar-refractivity contribution is -0.140. The molecular weight excluding hydrogens is 545 g/mol. The molecule has 0 amide bonds. The van der Waals surface area contributed by atoms with Crippen LogP contribution in [0.1, 0.15) is 27.9 Å². The molecule has 0 atom stereocenters. The van der Waals surface area contributed by atoms with Crippen molar-refractivity contribution < 1.29 is 13.2 Å². The highest BCUT2D eigenvalue weighted by Crippen LogP contribution is 2.63. The standard InChI is InChI=1S/C36H23F3N4/c37-36(38,39)33-34(41-23-22-40-33)43-31-20-10-6-16-27(31)35(28-17-7-11-21-32(28)43)25-14-4-8-18-29(25)42(24-12-2-1-3-13-24)30-19-9-5-15-26(30)35/h1-23H. The van der Waals surface area contributed by atoms with E-state index in [0.717, 1.165) is 45.5 Å². The van der Waals surface area contributed by atoms with Crippen LogP contribution in [0, 0.1) is 0 Å². The van der Waals surface area contributed by atoms with Crippen LogP contribution in [-0.4, -0.2) is 9.97 Å². The van der Waals surface area contributed by atoms with E-state index in [1.165, 1.54) is 6.20 Å². The molecule has 1 aromatic heterocycles. The number of halogens is 3. The number of benzene rings is 5. The number of fused-ring (bicyclic) bond motifs is 8. The Hall–Kier alpha value is -5.43. The molecule has 3 heterocycles. The summed E-state index contributed by atoms with van der Waals surface area (Å²) in [6, 6.07) is 42.2. The second kappa shape index (κ2) is 9.29. The Labute approximate surface area is 246 Å². The predicted molar refractivity (Wildman–Crippen MR) is 162 cm³/mol. The first-order valence-electron chi connectivity index (χ1n) is 13.9. The number of aromatic nitrogens is 2. The van der Waals surface area contributed by atoms with Gasteiger partial charge in [0.15, 0.2) is 11.5 Å². The van der Waals surface area contributed by atoms with Gasteiger partial charge >= 0.3 is 6.18 Å². The molecule has 0 aliphatic carbocycles. The maximum atomic E-state index is 14.4. The maximum Gasteiger partial charge on any atom is 0.437 e. The molecule has 0 radical (unpaired) electrons. The SMILES string of the molecule is FC(F)(F)c1nccnc1N1c2ccccc2C2(c3ccccc3N(c3ccccc3)c3ccccc32)c2ccccc21. The van der Waals surface area contributed by atoms with E-state index >= 15 is 0 Å². The highest BCUT2D eigenvalue weighted by Gasteiger charge is 2.52. The van der Waals surface area contributed by atoms with Crippen molar-refractivity contribution in [2.45, 2.75) is 11.6 Å². The minimum Gasteiger partial charge on any atom is -0.310 e. The Morgan fingerprint density at radius 1 is 0.465 bits per heavy atom. The van der Waals surface area contributed by atoms with E-state index in [0.29, 0.717) is 11.4 Å². The second-order valence-corrected chi connectivity index (χ2v) is 10.6. The molecule has 0 fully saturated rings. The molecule has 6 aromatic rings. The summed E-state index contributed by atoms with van der Waals surface area (Å²) in [7, 11) is 0. The minimum absolute atomic E-state index is 0.256. The van der Waals surface area contributed by atoms with Gasteiger partial charge in [-0.1, -0.05) is 91.0 Å². The lowest BCUT2D eigenvalue weighted by Gasteiger charge is -2.51. The number of nitrogens with zero attached hydrogens (tertiary/aromatic N) is 4.